The average Bonchev–Trinajstić information content (AvgIpc) is 2.61. The zero-order chi connectivity index (χ0) is 16.1. The summed E-state index contributed by atoms with van der Waals surface area (Å²) in [5.74, 6) is -0.166. The number of carbonyl (C=O) groups excluding carboxylic acids is 1. The van der Waals surface area contributed by atoms with E-state index in [1.165, 1.54) is 0 Å². The van der Waals surface area contributed by atoms with Gasteiger partial charge in [-0.15, -0.1) is 0 Å². The number of aromatic nitrogens is 1. The lowest BCUT2D eigenvalue weighted by Crippen LogP contribution is -2.29. The summed E-state index contributed by atoms with van der Waals surface area (Å²) in [7, 11) is 0. The molecule has 114 valence electrons. The van der Waals surface area contributed by atoms with Gasteiger partial charge in [-0.2, -0.15) is 0 Å². The predicted octanol–water partition coefficient (Wildman–Crippen LogP) is 4.25. The summed E-state index contributed by atoms with van der Waals surface area (Å²) in [5.41, 5.74) is 2.33. The van der Waals surface area contributed by atoms with E-state index < -0.39 is 0 Å². The summed E-state index contributed by atoms with van der Waals surface area (Å²) in [6, 6.07) is 22.0. The molecule has 0 saturated heterocycles. The fourth-order valence-electron chi connectivity index (χ4n) is 2.34. The number of rotatable bonds is 4. The van der Waals surface area contributed by atoms with Gasteiger partial charge in [0.05, 0.1) is 11.7 Å². The number of carbonyl (C=O) groups is 1. The summed E-state index contributed by atoms with van der Waals surface area (Å²) < 4.78 is 0. The minimum Gasteiger partial charge on any atom is -0.340 e. The number of hydrogen-bond acceptors (Lipinski definition) is 2. The Morgan fingerprint density at radius 3 is 2.26 bits per heavy atom. The summed E-state index contributed by atoms with van der Waals surface area (Å²) >= 11 is 5.87. The maximum Gasteiger partial charge on any atom is 0.252 e. The molecule has 0 radical (unpaired) electrons. The van der Waals surface area contributed by atoms with Gasteiger partial charge < -0.3 is 5.32 Å². The van der Waals surface area contributed by atoms with Crippen LogP contribution in [0.3, 0.4) is 0 Å². The van der Waals surface area contributed by atoms with Gasteiger partial charge in [0.15, 0.2) is 0 Å². The van der Waals surface area contributed by atoms with E-state index in [9.17, 15) is 4.79 Å². The van der Waals surface area contributed by atoms with Gasteiger partial charge in [-0.3, -0.25) is 9.78 Å². The second kappa shape index (κ2) is 7.07. The van der Waals surface area contributed by atoms with Gasteiger partial charge in [0.25, 0.3) is 5.91 Å². The van der Waals surface area contributed by atoms with E-state index in [-0.39, 0.29) is 11.9 Å². The van der Waals surface area contributed by atoms with E-state index in [0.29, 0.717) is 10.6 Å². The SMILES string of the molecule is O=C(NC(c1ccccc1)c1ccccn1)c1ccc(Cl)cc1. The van der Waals surface area contributed by atoms with Crippen LogP contribution in [0, 0.1) is 0 Å². The van der Waals surface area contributed by atoms with Crippen molar-refractivity contribution in [3.05, 3.63) is 101 Å². The van der Waals surface area contributed by atoms with Crippen LogP contribution in [-0.4, -0.2) is 10.9 Å². The smallest absolute Gasteiger partial charge is 0.252 e. The van der Waals surface area contributed by atoms with Crippen molar-refractivity contribution in [2.45, 2.75) is 6.04 Å². The van der Waals surface area contributed by atoms with Crippen molar-refractivity contribution in [3.63, 3.8) is 0 Å². The number of halogens is 1. The average molecular weight is 323 g/mol. The highest BCUT2D eigenvalue weighted by molar-refractivity contribution is 6.30. The molecule has 3 aromatic rings. The Morgan fingerprint density at radius 1 is 0.913 bits per heavy atom. The molecular weight excluding hydrogens is 308 g/mol. The van der Waals surface area contributed by atoms with Crippen molar-refractivity contribution >= 4 is 17.5 Å². The second-order valence-electron chi connectivity index (χ2n) is 5.08. The third-order valence-corrected chi connectivity index (χ3v) is 3.75. The van der Waals surface area contributed by atoms with Gasteiger partial charge in [-0.25, -0.2) is 0 Å². The molecule has 0 saturated carbocycles. The van der Waals surface area contributed by atoms with Crippen LogP contribution in [0.15, 0.2) is 79.0 Å². The van der Waals surface area contributed by atoms with E-state index in [1.54, 1.807) is 30.5 Å². The zero-order valence-corrected chi connectivity index (χ0v) is 13.1. The maximum atomic E-state index is 12.5. The third-order valence-electron chi connectivity index (χ3n) is 3.50. The second-order valence-corrected chi connectivity index (χ2v) is 5.52. The van der Waals surface area contributed by atoms with Crippen LogP contribution in [0.1, 0.15) is 27.7 Å². The molecule has 0 bridgehead atoms. The Labute approximate surface area is 140 Å². The van der Waals surface area contributed by atoms with Crippen LogP contribution in [0.25, 0.3) is 0 Å². The molecule has 4 heteroatoms. The van der Waals surface area contributed by atoms with Crippen LogP contribution in [-0.2, 0) is 0 Å². The highest BCUT2D eigenvalue weighted by atomic mass is 35.5. The summed E-state index contributed by atoms with van der Waals surface area (Å²) in [6.07, 6.45) is 1.72. The third kappa shape index (κ3) is 3.76. The Morgan fingerprint density at radius 2 is 1.61 bits per heavy atom. The minimum atomic E-state index is -0.305. The van der Waals surface area contributed by atoms with Gasteiger partial charge in [0.2, 0.25) is 0 Å². The number of nitrogens with zero attached hydrogens (tertiary/aromatic N) is 1. The summed E-state index contributed by atoms with van der Waals surface area (Å²) in [6.45, 7) is 0. The van der Waals surface area contributed by atoms with Crippen LogP contribution in [0.2, 0.25) is 5.02 Å². The van der Waals surface area contributed by atoms with Gasteiger partial charge in [-0.05, 0) is 42.0 Å². The number of nitrogens with one attached hydrogen (secondary N) is 1. The first-order valence-corrected chi connectivity index (χ1v) is 7.64. The molecule has 23 heavy (non-hydrogen) atoms. The fourth-order valence-corrected chi connectivity index (χ4v) is 2.46. The Balaban J connectivity index is 1.90. The molecule has 2 aromatic carbocycles. The molecule has 0 aliphatic heterocycles. The molecule has 0 fully saturated rings. The molecule has 3 nitrogen and oxygen atoms in total. The first-order chi connectivity index (χ1) is 11.2. The van der Waals surface area contributed by atoms with Gasteiger partial charge >= 0.3 is 0 Å². The molecule has 1 atom stereocenters. The lowest BCUT2D eigenvalue weighted by molar-refractivity contribution is 0.0942. The van der Waals surface area contributed by atoms with Crippen LogP contribution in [0.4, 0.5) is 0 Å². The quantitative estimate of drug-likeness (QED) is 0.780. The van der Waals surface area contributed by atoms with Gasteiger partial charge in [-0.1, -0.05) is 48.0 Å². The number of benzene rings is 2. The van der Waals surface area contributed by atoms with Gasteiger partial charge in [0.1, 0.15) is 0 Å². The van der Waals surface area contributed by atoms with Crippen LogP contribution < -0.4 is 5.32 Å². The van der Waals surface area contributed by atoms with E-state index in [2.05, 4.69) is 10.3 Å². The van der Waals surface area contributed by atoms with Crippen molar-refractivity contribution < 1.29 is 4.79 Å². The lowest BCUT2D eigenvalue weighted by atomic mass is 10.0. The summed E-state index contributed by atoms with van der Waals surface area (Å²) in [5, 5.41) is 3.64. The topological polar surface area (TPSA) is 42.0 Å². The van der Waals surface area contributed by atoms with Crippen molar-refractivity contribution in [1.29, 1.82) is 0 Å². The Kier molecular flexibility index (Phi) is 4.69. The largest absolute Gasteiger partial charge is 0.340 e. The molecule has 1 heterocycles. The van der Waals surface area contributed by atoms with E-state index in [0.717, 1.165) is 11.3 Å². The number of pyridine rings is 1. The molecule has 1 aromatic heterocycles. The molecule has 3 rings (SSSR count). The molecule has 1 amide bonds. The molecule has 1 N–H and O–H groups in total. The lowest BCUT2D eigenvalue weighted by Gasteiger charge is -2.19. The molecule has 0 aliphatic carbocycles. The van der Waals surface area contributed by atoms with Crippen LogP contribution in [0.5, 0.6) is 0 Å². The first-order valence-electron chi connectivity index (χ1n) is 7.26. The Hall–Kier alpha value is -2.65. The normalized spacial score (nSPS) is 11.7. The number of hydrogen-bond donors (Lipinski definition) is 1. The zero-order valence-electron chi connectivity index (χ0n) is 12.3. The standard InChI is InChI=1S/C19H15ClN2O/c20-16-11-9-15(10-12-16)19(23)22-18(14-6-2-1-3-7-14)17-8-4-5-13-21-17/h1-13,18H,(H,22,23). The molecular formula is C19H15ClN2O. The first kappa shape index (κ1) is 15.3. The van der Waals surface area contributed by atoms with E-state index in [4.69, 9.17) is 11.6 Å². The Bertz CT molecular complexity index is 734. The fraction of sp³-hybridized carbons (Fsp3) is 0.0526. The summed E-state index contributed by atoms with van der Waals surface area (Å²) in [4.78, 5) is 16.9. The van der Waals surface area contributed by atoms with Crippen molar-refractivity contribution in [1.82, 2.24) is 10.3 Å². The maximum absolute atomic E-state index is 12.5. The van der Waals surface area contributed by atoms with E-state index in [1.807, 2.05) is 48.5 Å². The monoisotopic (exact) mass is 322 g/mol. The molecule has 0 aliphatic rings. The number of amides is 1. The van der Waals surface area contributed by atoms with Gasteiger partial charge in [0, 0.05) is 16.8 Å². The minimum absolute atomic E-state index is 0.166. The van der Waals surface area contributed by atoms with Crippen molar-refractivity contribution in [3.8, 4) is 0 Å². The highest BCUT2D eigenvalue weighted by Gasteiger charge is 2.18. The molecule has 1 unspecified atom stereocenters. The molecule has 0 spiro atoms. The van der Waals surface area contributed by atoms with Crippen molar-refractivity contribution in [2.75, 3.05) is 0 Å². The van der Waals surface area contributed by atoms with E-state index >= 15 is 0 Å². The highest BCUT2D eigenvalue weighted by Crippen LogP contribution is 2.21. The van der Waals surface area contributed by atoms with Crippen molar-refractivity contribution in [2.24, 2.45) is 0 Å². The van der Waals surface area contributed by atoms with Crippen LogP contribution >= 0.6 is 11.6 Å². The predicted molar refractivity (Wildman–Crippen MR) is 91.4 cm³/mol.